The Morgan fingerprint density at radius 3 is 2.61 bits per heavy atom. The number of amides is 2. The molecule has 1 rings (SSSR count). The van der Waals surface area contributed by atoms with Crippen LogP contribution in [0.25, 0.3) is 0 Å². The standard InChI is InChI=1S/C18H27BrN2O2/c1-4-6-11-20-18(23)14(3)21(17(22)8-5-2)13-15-9-7-10-16(19)12-15/h7,9-10,12,14H,4-6,8,11,13H2,1-3H3,(H,20,23)/t14-/m1/s1. The average molecular weight is 383 g/mol. The molecule has 128 valence electrons. The molecule has 0 saturated heterocycles. The van der Waals surface area contributed by atoms with Crippen LogP contribution in [0.5, 0.6) is 0 Å². The Hall–Kier alpha value is -1.36. The zero-order chi connectivity index (χ0) is 17.2. The van der Waals surface area contributed by atoms with Crippen molar-refractivity contribution >= 4 is 27.7 Å². The molecular formula is C18H27BrN2O2. The number of nitrogens with one attached hydrogen (secondary N) is 1. The van der Waals surface area contributed by atoms with Gasteiger partial charge in [0.25, 0.3) is 0 Å². The van der Waals surface area contributed by atoms with Crippen molar-refractivity contribution in [2.75, 3.05) is 6.54 Å². The van der Waals surface area contributed by atoms with Crippen molar-refractivity contribution in [1.29, 1.82) is 0 Å². The van der Waals surface area contributed by atoms with Crippen molar-refractivity contribution in [3.63, 3.8) is 0 Å². The van der Waals surface area contributed by atoms with Crippen LogP contribution in [0.2, 0.25) is 0 Å². The van der Waals surface area contributed by atoms with Crippen LogP contribution >= 0.6 is 15.9 Å². The van der Waals surface area contributed by atoms with Gasteiger partial charge in [-0.1, -0.05) is 48.3 Å². The molecule has 0 radical (unpaired) electrons. The highest BCUT2D eigenvalue weighted by Gasteiger charge is 2.25. The van der Waals surface area contributed by atoms with Crippen LogP contribution in [0.3, 0.4) is 0 Å². The summed E-state index contributed by atoms with van der Waals surface area (Å²) in [4.78, 5) is 26.4. The number of nitrogens with zero attached hydrogens (tertiary/aromatic N) is 1. The molecule has 1 aromatic rings. The lowest BCUT2D eigenvalue weighted by Crippen LogP contribution is -2.47. The van der Waals surface area contributed by atoms with Crippen LogP contribution in [0, 0.1) is 0 Å². The van der Waals surface area contributed by atoms with Crippen LogP contribution in [-0.4, -0.2) is 29.3 Å². The largest absolute Gasteiger partial charge is 0.354 e. The molecule has 0 aliphatic carbocycles. The molecule has 0 aromatic heterocycles. The van der Waals surface area contributed by atoms with E-state index in [1.165, 1.54) is 0 Å². The summed E-state index contributed by atoms with van der Waals surface area (Å²) in [6, 6.07) is 7.37. The molecule has 0 fully saturated rings. The number of carbonyl (C=O) groups excluding carboxylic acids is 2. The van der Waals surface area contributed by atoms with Crippen molar-refractivity contribution in [2.45, 2.75) is 59.0 Å². The van der Waals surface area contributed by atoms with Gasteiger partial charge in [0, 0.05) is 24.0 Å². The number of hydrogen-bond donors (Lipinski definition) is 1. The topological polar surface area (TPSA) is 49.4 Å². The number of rotatable bonds is 9. The highest BCUT2D eigenvalue weighted by molar-refractivity contribution is 9.10. The predicted octanol–water partition coefficient (Wildman–Crippen LogP) is 3.88. The molecule has 2 amide bonds. The summed E-state index contributed by atoms with van der Waals surface area (Å²) in [5.41, 5.74) is 1.01. The van der Waals surface area contributed by atoms with E-state index in [9.17, 15) is 9.59 Å². The summed E-state index contributed by atoms with van der Waals surface area (Å²) in [5.74, 6) is -0.0662. The minimum Gasteiger partial charge on any atom is -0.354 e. The van der Waals surface area contributed by atoms with E-state index in [1.54, 1.807) is 11.8 Å². The van der Waals surface area contributed by atoms with E-state index >= 15 is 0 Å². The van der Waals surface area contributed by atoms with Gasteiger partial charge in [-0.15, -0.1) is 0 Å². The summed E-state index contributed by atoms with van der Waals surface area (Å²) in [6.45, 7) is 6.96. The van der Waals surface area contributed by atoms with E-state index in [2.05, 4.69) is 28.2 Å². The van der Waals surface area contributed by atoms with Crippen molar-refractivity contribution in [1.82, 2.24) is 10.2 Å². The predicted molar refractivity (Wildman–Crippen MR) is 97.0 cm³/mol. The van der Waals surface area contributed by atoms with E-state index in [0.717, 1.165) is 29.3 Å². The number of unbranched alkanes of at least 4 members (excludes halogenated alkanes) is 1. The van der Waals surface area contributed by atoms with Gasteiger partial charge in [-0.3, -0.25) is 9.59 Å². The van der Waals surface area contributed by atoms with E-state index in [4.69, 9.17) is 0 Å². The Bertz CT molecular complexity index is 519. The third-order valence-corrected chi connectivity index (χ3v) is 4.20. The summed E-state index contributed by atoms with van der Waals surface area (Å²) in [7, 11) is 0. The van der Waals surface area contributed by atoms with Crippen molar-refractivity contribution in [2.24, 2.45) is 0 Å². The highest BCUT2D eigenvalue weighted by Crippen LogP contribution is 2.16. The maximum absolute atomic E-state index is 12.4. The Balaban J connectivity index is 2.82. The molecule has 1 N–H and O–H groups in total. The molecule has 0 saturated carbocycles. The molecule has 0 aliphatic heterocycles. The fraction of sp³-hybridized carbons (Fsp3) is 0.556. The van der Waals surface area contributed by atoms with E-state index in [0.29, 0.717) is 19.5 Å². The normalized spacial score (nSPS) is 11.8. The molecule has 4 nitrogen and oxygen atoms in total. The monoisotopic (exact) mass is 382 g/mol. The Labute approximate surface area is 147 Å². The lowest BCUT2D eigenvalue weighted by Gasteiger charge is -2.29. The number of benzene rings is 1. The SMILES string of the molecule is CCCCNC(=O)[C@@H](C)N(Cc1cccc(Br)c1)C(=O)CCC. The molecule has 1 aromatic carbocycles. The fourth-order valence-electron chi connectivity index (χ4n) is 2.31. The van der Waals surface area contributed by atoms with E-state index in [-0.39, 0.29) is 11.8 Å². The van der Waals surface area contributed by atoms with Gasteiger partial charge in [-0.05, 0) is 37.5 Å². The Morgan fingerprint density at radius 1 is 1.26 bits per heavy atom. The second-order valence-electron chi connectivity index (χ2n) is 5.72. The smallest absolute Gasteiger partial charge is 0.242 e. The summed E-state index contributed by atoms with van der Waals surface area (Å²) < 4.78 is 0.970. The first-order chi connectivity index (χ1) is 11.0. The van der Waals surface area contributed by atoms with Gasteiger partial charge in [0.15, 0.2) is 0 Å². The average Bonchev–Trinajstić information content (AvgIpc) is 2.52. The molecule has 0 aliphatic rings. The first-order valence-electron chi connectivity index (χ1n) is 8.31. The molecule has 0 spiro atoms. The van der Waals surface area contributed by atoms with Crippen LogP contribution in [0.1, 0.15) is 52.0 Å². The van der Waals surface area contributed by atoms with Gasteiger partial charge in [0.05, 0.1) is 0 Å². The maximum atomic E-state index is 12.4. The van der Waals surface area contributed by atoms with Crippen molar-refractivity contribution < 1.29 is 9.59 Å². The van der Waals surface area contributed by atoms with E-state index < -0.39 is 6.04 Å². The van der Waals surface area contributed by atoms with Gasteiger partial charge >= 0.3 is 0 Å². The third-order valence-electron chi connectivity index (χ3n) is 3.70. The Kier molecular flexibility index (Phi) is 8.92. The lowest BCUT2D eigenvalue weighted by molar-refractivity contribution is -0.140. The third kappa shape index (κ3) is 6.73. The highest BCUT2D eigenvalue weighted by atomic mass is 79.9. The molecule has 0 unspecified atom stereocenters. The first-order valence-corrected chi connectivity index (χ1v) is 9.10. The van der Waals surface area contributed by atoms with Crippen LogP contribution < -0.4 is 5.32 Å². The number of hydrogen-bond acceptors (Lipinski definition) is 2. The van der Waals surface area contributed by atoms with Gasteiger partial charge in [0.2, 0.25) is 11.8 Å². The quantitative estimate of drug-likeness (QED) is 0.658. The van der Waals surface area contributed by atoms with Crippen LogP contribution in [0.15, 0.2) is 28.7 Å². The first kappa shape index (κ1) is 19.7. The lowest BCUT2D eigenvalue weighted by atomic mass is 10.1. The van der Waals surface area contributed by atoms with Crippen molar-refractivity contribution in [3.8, 4) is 0 Å². The van der Waals surface area contributed by atoms with Crippen molar-refractivity contribution in [3.05, 3.63) is 34.3 Å². The fourth-order valence-corrected chi connectivity index (χ4v) is 2.75. The molecule has 1 atom stereocenters. The van der Waals surface area contributed by atoms with E-state index in [1.807, 2.05) is 31.2 Å². The summed E-state index contributed by atoms with van der Waals surface area (Å²) >= 11 is 3.45. The number of halogens is 1. The molecule has 23 heavy (non-hydrogen) atoms. The second kappa shape index (κ2) is 10.4. The minimum absolute atomic E-state index is 0.0191. The molecule has 0 heterocycles. The van der Waals surface area contributed by atoms with Crippen LogP contribution in [-0.2, 0) is 16.1 Å². The zero-order valence-electron chi connectivity index (χ0n) is 14.3. The van der Waals surface area contributed by atoms with Crippen LogP contribution in [0.4, 0.5) is 0 Å². The van der Waals surface area contributed by atoms with Gasteiger partial charge in [0.1, 0.15) is 6.04 Å². The second-order valence-corrected chi connectivity index (χ2v) is 6.64. The van der Waals surface area contributed by atoms with Gasteiger partial charge in [-0.2, -0.15) is 0 Å². The maximum Gasteiger partial charge on any atom is 0.242 e. The molecular weight excluding hydrogens is 356 g/mol. The molecule has 5 heteroatoms. The molecule has 0 bridgehead atoms. The summed E-state index contributed by atoms with van der Waals surface area (Å²) in [5, 5.41) is 2.92. The Morgan fingerprint density at radius 2 is 2.00 bits per heavy atom. The zero-order valence-corrected chi connectivity index (χ0v) is 15.9. The van der Waals surface area contributed by atoms with Gasteiger partial charge in [-0.25, -0.2) is 0 Å². The number of carbonyl (C=O) groups is 2. The van der Waals surface area contributed by atoms with Gasteiger partial charge < -0.3 is 10.2 Å². The summed E-state index contributed by atoms with van der Waals surface area (Å²) in [6.07, 6.45) is 3.22. The minimum atomic E-state index is -0.468.